The molecule has 0 bridgehead atoms. The minimum Gasteiger partial charge on any atom is -0.468 e. The molecule has 3 atom stereocenters. The Balaban J connectivity index is 0.00000144. The van der Waals surface area contributed by atoms with Crippen molar-refractivity contribution in [1.82, 2.24) is 5.32 Å². The van der Waals surface area contributed by atoms with E-state index in [1.54, 1.807) is 0 Å². The third-order valence-electron chi connectivity index (χ3n) is 3.07. The van der Waals surface area contributed by atoms with Gasteiger partial charge in [0.05, 0.1) is 25.7 Å². The molecule has 0 amide bonds. The molecule has 4 nitrogen and oxygen atoms in total. The van der Waals surface area contributed by atoms with Gasteiger partial charge in [0.25, 0.3) is 5.92 Å². The highest BCUT2D eigenvalue weighted by molar-refractivity contribution is 5.85. The monoisotopic (exact) mass is 271 g/mol. The molecule has 1 saturated heterocycles. The normalized spacial score (nSPS) is 33.9. The molecule has 1 heterocycles. The molecule has 0 aromatic rings. The quantitative estimate of drug-likeness (QED) is 0.775. The largest absolute Gasteiger partial charge is 0.468 e. The maximum absolute atomic E-state index is 12.6. The zero-order valence-electron chi connectivity index (χ0n) is 9.45. The van der Waals surface area contributed by atoms with Gasteiger partial charge >= 0.3 is 5.97 Å². The van der Waals surface area contributed by atoms with E-state index in [4.69, 9.17) is 4.74 Å². The van der Waals surface area contributed by atoms with E-state index in [9.17, 15) is 13.6 Å². The third kappa shape index (κ3) is 3.50. The van der Waals surface area contributed by atoms with Crippen LogP contribution in [0.25, 0.3) is 0 Å². The lowest BCUT2D eigenvalue weighted by atomic mass is 10.2. The molecule has 2 fully saturated rings. The number of carbonyl (C=O) groups is 1. The third-order valence-corrected chi connectivity index (χ3v) is 3.07. The summed E-state index contributed by atoms with van der Waals surface area (Å²) in [7, 11) is 1.32. The van der Waals surface area contributed by atoms with Gasteiger partial charge in [0.1, 0.15) is 6.04 Å². The van der Waals surface area contributed by atoms with Gasteiger partial charge in [-0.1, -0.05) is 0 Å². The van der Waals surface area contributed by atoms with Gasteiger partial charge in [-0.05, 0) is 0 Å². The molecule has 3 unspecified atom stereocenters. The number of hydrogen-bond acceptors (Lipinski definition) is 4. The highest BCUT2D eigenvalue weighted by Gasteiger charge is 2.57. The summed E-state index contributed by atoms with van der Waals surface area (Å²) in [5, 5.41) is 2.94. The van der Waals surface area contributed by atoms with Crippen molar-refractivity contribution in [2.45, 2.75) is 30.9 Å². The van der Waals surface area contributed by atoms with Crippen LogP contribution in [0.5, 0.6) is 0 Å². The minimum absolute atomic E-state index is 0. The predicted molar refractivity (Wildman–Crippen MR) is 58.5 cm³/mol. The van der Waals surface area contributed by atoms with Gasteiger partial charge in [-0.25, -0.2) is 8.78 Å². The van der Waals surface area contributed by atoms with Gasteiger partial charge in [-0.3, -0.25) is 4.79 Å². The first kappa shape index (κ1) is 14.6. The summed E-state index contributed by atoms with van der Waals surface area (Å²) < 4.78 is 35.0. The fourth-order valence-electron chi connectivity index (χ4n) is 1.85. The molecule has 2 rings (SSSR count). The van der Waals surface area contributed by atoms with E-state index < -0.39 is 11.8 Å². The van der Waals surface area contributed by atoms with Crippen molar-refractivity contribution in [3.63, 3.8) is 0 Å². The number of ether oxygens (including phenoxy) is 2. The number of halogens is 3. The average Bonchev–Trinajstić information content (AvgIpc) is 2.68. The number of carbonyl (C=O) groups excluding carboxylic acids is 1. The first-order valence-corrected chi connectivity index (χ1v) is 5.33. The Morgan fingerprint density at radius 1 is 1.53 bits per heavy atom. The number of methoxy groups -OCH3 is 1. The Labute approximate surface area is 104 Å². The second-order valence-corrected chi connectivity index (χ2v) is 4.34. The molecule has 0 aromatic heterocycles. The Kier molecular flexibility index (Phi) is 4.69. The van der Waals surface area contributed by atoms with Crippen molar-refractivity contribution >= 4 is 18.4 Å². The van der Waals surface area contributed by atoms with E-state index in [1.165, 1.54) is 7.11 Å². The van der Waals surface area contributed by atoms with Crippen LogP contribution in [0.2, 0.25) is 0 Å². The van der Waals surface area contributed by atoms with E-state index in [0.717, 1.165) is 0 Å². The van der Waals surface area contributed by atoms with E-state index in [-0.39, 0.29) is 43.5 Å². The molecule has 0 aromatic carbocycles. The summed E-state index contributed by atoms with van der Waals surface area (Å²) in [6.45, 7) is 0.589. The molecule has 17 heavy (non-hydrogen) atoms. The molecule has 1 aliphatic heterocycles. The number of esters is 1. The Morgan fingerprint density at radius 2 is 2.18 bits per heavy atom. The maximum atomic E-state index is 12.6. The molecular formula is C10H16ClF2NO3. The number of hydrogen-bond donors (Lipinski definition) is 1. The molecule has 0 radical (unpaired) electrons. The average molecular weight is 272 g/mol. The molecule has 0 spiro atoms. The molecule has 1 N–H and O–H groups in total. The van der Waals surface area contributed by atoms with Crippen molar-refractivity contribution in [1.29, 1.82) is 0 Å². The fourth-order valence-corrected chi connectivity index (χ4v) is 1.85. The summed E-state index contributed by atoms with van der Waals surface area (Å²) in [4.78, 5) is 11.2. The zero-order chi connectivity index (χ0) is 11.8. The number of rotatable bonds is 4. The zero-order valence-corrected chi connectivity index (χ0v) is 10.3. The van der Waals surface area contributed by atoms with Gasteiger partial charge < -0.3 is 14.8 Å². The van der Waals surface area contributed by atoms with E-state index in [1.807, 2.05) is 0 Å². The van der Waals surface area contributed by atoms with E-state index in [0.29, 0.717) is 13.0 Å². The van der Waals surface area contributed by atoms with Crippen LogP contribution in [-0.4, -0.2) is 44.3 Å². The summed E-state index contributed by atoms with van der Waals surface area (Å²) in [6.07, 6.45) is 0.249. The van der Waals surface area contributed by atoms with Gasteiger partial charge in [0, 0.05) is 19.4 Å². The number of alkyl halides is 2. The van der Waals surface area contributed by atoms with E-state index >= 15 is 0 Å². The maximum Gasteiger partial charge on any atom is 0.322 e. The van der Waals surface area contributed by atoms with Crippen LogP contribution in [0, 0.1) is 5.92 Å². The second kappa shape index (κ2) is 5.46. The molecule has 1 aliphatic carbocycles. The standard InChI is InChI=1S/C10H15F2NO3.ClH/c1-15-9(14)8-2-7(4-13-8)16-5-6-3-10(6,11)12;/h6-8,13H,2-5H2,1H3;1H. The Hall–Kier alpha value is -0.460. The molecule has 100 valence electrons. The number of nitrogens with one attached hydrogen (secondary N) is 1. The smallest absolute Gasteiger partial charge is 0.322 e. The van der Waals surface area contributed by atoms with Crippen molar-refractivity contribution < 1.29 is 23.0 Å². The SMILES string of the molecule is COC(=O)C1CC(OCC2CC2(F)F)CN1.Cl. The highest BCUT2D eigenvalue weighted by Crippen LogP contribution is 2.48. The molecule has 1 saturated carbocycles. The second-order valence-electron chi connectivity index (χ2n) is 4.34. The molecule has 2 aliphatic rings. The highest BCUT2D eigenvalue weighted by atomic mass is 35.5. The van der Waals surface area contributed by atoms with Gasteiger partial charge in [-0.15, -0.1) is 12.4 Å². The van der Waals surface area contributed by atoms with Crippen LogP contribution in [0.3, 0.4) is 0 Å². The summed E-state index contributed by atoms with van der Waals surface area (Å²) in [6, 6.07) is -0.366. The van der Waals surface area contributed by atoms with Gasteiger partial charge in [0.2, 0.25) is 0 Å². The summed E-state index contributed by atoms with van der Waals surface area (Å²) in [5.41, 5.74) is 0. The van der Waals surface area contributed by atoms with Crippen molar-refractivity contribution in [3.8, 4) is 0 Å². The fraction of sp³-hybridized carbons (Fsp3) is 0.900. The lowest BCUT2D eigenvalue weighted by Gasteiger charge is -2.10. The Bertz CT molecular complexity index is 291. The molecular weight excluding hydrogens is 256 g/mol. The van der Waals surface area contributed by atoms with Crippen LogP contribution < -0.4 is 5.32 Å². The van der Waals surface area contributed by atoms with Crippen molar-refractivity contribution in [2.75, 3.05) is 20.3 Å². The predicted octanol–water partition coefficient (Wildman–Crippen LogP) is 0.983. The summed E-state index contributed by atoms with van der Waals surface area (Å²) >= 11 is 0. The van der Waals surface area contributed by atoms with Crippen LogP contribution in [0.1, 0.15) is 12.8 Å². The van der Waals surface area contributed by atoms with Gasteiger partial charge in [0.15, 0.2) is 0 Å². The van der Waals surface area contributed by atoms with E-state index in [2.05, 4.69) is 10.1 Å². The minimum atomic E-state index is -2.53. The van der Waals surface area contributed by atoms with Crippen molar-refractivity contribution in [2.24, 2.45) is 5.92 Å². The van der Waals surface area contributed by atoms with Crippen LogP contribution in [0.15, 0.2) is 0 Å². The lowest BCUT2D eigenvalue weighted by Crippen LogP contribution is -2.31. The molecule has 7 heteroatoms. The first-order valence-electron chi connectivity index (χ1n) is 5.33. The topological polar surface area (TPSA) is 47.6 Å². The first-order chi connectivity index (χ1) is 7.53. The lowest BCUT2D eigenvalue weighted by molar-refractivity contribution is -0.142. The van der Waals surface area contributed by atoms with Crippen LogP contribution >= 0.6 is 12.4 Å². The van der Waals surface area contributed by atoms with Crippen LogP contribution in [-0.2, 0) is 14.3 Å². The Morgan fingerprint density at radius 3 is 2.71 bits per heavy atom. The van der Waals surface area contributed by atoms with Crippen LogP contribution in [0.4, 0.5) is 8.78 Å². The summed E-state index contributed by atoms with van der Waals surface area (Å²) in [5.74, 6) is -3.50. The van der Waals surface area contributed by atoms with Crippen molar-refractivity contribution in [3.05, 3.63) is 0 Å². The van der Waals surface area contributed by atoms with Gasteiger partial charge in [-0.2, -0.15) is 0 Å².